The van der Waals surface area contributed by atoms with E-state index in [-0.39, 0.29) is 10.9 Å². The summed E-state index contributed by atoms with van der Waals surface area (Å²) in [5.41, 5.74) is 7.83. The number of hydrogen-bond acceptors (Lipinski definition) is 4. The molecule has 1 aliphatic carbocycles. The number of nitrogens with two attached hydrogens (primary N) is 1. The Morgan fingerprint density at radius 3 is 2.55 bits per heavy atom. The molecule has 1 aliphatic rings. The van der Waals surface area contributed by atoms with Crippen LogP contribution < -0.4 is 10.5 Å². The minimum Gasteiger partial charge on any atom is -0.397 e. The first-order chi connectivity index (χ1) is 9.36. The Morgan fingerprint density at radius 1 is 1.25 bits per heavy atom. The molecule has 20 heavy (non-hydrogen) atoms. The van der Waals surface area contributed by atoms with Gasteiger partial charge < -0.3 is 5.73 Å². The van der Waals surface area contributed by atoms with Gasteiger partial charge in [0.1, 0.15) is 4.90 Å². The Morgan fingerprint density at radius 2 is 1.90 bits per heavy atom. The Kier molecular flexibility index (Phi) is 4.66. The summed E-state index contributed by atoms with van der Waals surface area (Å²) >= 11 is 1.73. The van der Waals surface area contributed by atoms with E-state index in [1.165, 1.54) is 0 Å². The Labute approximate surface area is 125 Å². The van der Waals surface area contributed by atoms with Crippen molar-refractivity contribution in [1.82, 2.24) is 4.72 Å². The Bertz CT molecular complexity index is 599. The van der Waals surface area contributed by atoms with E-state index in [4.69, 9.17) is 5.73 Å². The molecule has 112 valence electrons. The van der Waals surface area contributed by atoms with Crippen LogP contribution in [0.2, 0.25) is 0 Å². The lowest BCUT2D eigenvalue weighted by Crippen LogP contribution is -2.39. The summed E-state index contributed by atoms with van der Waals surface area (Å²) in [6.07, 6.45) is 5.07. The normalized spacial score (nSPS) is 23.1. The second-order valence-corrected chi connectivity index (χ2v) is 8.10. The second-order valence-electron chi connectivity index (χ2n) is 5.37. The van der Waals surface area contributed by atoms with E-state index in [2.05, 4.69) is 4.72 Å². The number of thioether (sulfide) groups is 1. The quantitative estimate of drug-likeness (QED) is 0.837. The minimum absolute atomic E-state index is 0.00862. The summed E-state index contributed by atoms with van der Waals surface area (Å²) in [6, 6.07) is 3.67. The van der Waals surface area contributed by atoms with Crippen LogP contribution in [0.1, 0.15) is 30.4 Å². The lowest BCUT2D eigenvalue weighted by Gasteiger charge is -2.21. The average molecular weight is 314 g/mol. The molecule has 1 saturated carbocycles. The molecule has 2 unspecified atom stereocenters. The number of benzene rings is 1. The van der Waals surface area contributed by atoms with Gasteiger partial charge in [-0.1, -0.05) is 18.6 Å². The third-order valence-corrected chi connectivity index (χ3v) is 6.80. The van der Waals surface area contributed by atoms with Crippen molar-refractivity contribution in [1.29, 1.82) is 0 Å². The molecule has 0 heterocycles. The molecule has 2 rings (SSSR count). The highest BCUT2D eigenvalue weighted by Crippen LogP contribution is 2.31. The van der Waals surface area contributed by atoms with Crippen molar-refractivity contribution in [3.63, 3.8) is 0 Å². The zero-order chi connectivity index (χ0) is 14.9. The van der Waals surface area contributed by atoms with Crippen LogP contribution in [-0.2, 0) is 10.0 Å². The fourth-order valence-corrected chi connectivity index (χ4v) is 5.53. The van der Waals surface area contributed by atoms with Gasteiger partial charge in [-0.15, -0.1) is 0 Å². The number of hydrogen-bond donors (Lipinski definition) is 2. The van der Waals surface area contributed by atoms with Crippen molar-refractivity contribution in [3.8, 4) is 0 Å². The molecule has 3 N–H and O–H groups in total. The molecule has 0 bridgehead atoms. The molecule has 0 aromatic heterocycles. The number of anilines is 1. The van der Waals surface area contributed by atoms with Crippen LogP contribution in [0.25, 0.3) is 0 Å². The van der Waals surface area contributed by atoms with E-state index in [0.717, 1.165) is 24.8 Å². The fourth-order valence-electron chi connectivity index (χ4n) is 2.76. The molecule has 6 heteroatoms. The van der Waals surface area contributed by atoms with Gasteiger partial charge in [0.15, 0.2) is 0 Å². The van der Waals surface area contributed by atoms with E-state index in [1.807, 2.05) is 19.2 Å². The first kappa shape index (κ1) is 15.7. The van der Waals surface area contributed by atoms with Gasteiger partial charge in [-0.25, -0.2) is 13.1 Å². The van der Waals surface area contributed by atoms with Crippen LogP contribution in [0.15, 0.2) is 17.0 Å². The summed E-state index contributed by atoms with van der Waals surface area (Å²) in [5.74, 6) is 0. The predicted molar refractivity (Wildman–Crippen MR) is 85.6 cm³/mol. The molecule has 0 radical (unpaired) electrons. The van der Waals surface area contributed by atoms with Gasteiger partial charge in [0.25, 0.3) is 0 Å². The standard InChI is InChI=1S/C14H22N2O2S2/c1-9-7-8-10(2)14(13(9)15)20(17,18)16-11-5-4-6-12(11)19-3/h7-8,11-12,16H,4-6,15H2,1-3H3. The van der Waals surface area contributed by atoms with Crippen molar-refractivity contribution in [2.75, 3.05) is 12.0 Å². The molecule has 0 amide bonds. The van der Waals surface area contributed by atoms with Crippen molar-refractivity contribution in [2.45, 2.75) is 49.3 Å². The number of nitrogens with one attached hydrogen (secondary N) is 1. The number of rotatable bonds is 4. The van der Waals surface area contributed by atoms with Crippen molar-refractivity contribution < 1.29 is 8.42 Å². The van der Waals surface area contributed by atoms with Gasteiger partial charge in [-0.3, -0.25) is 0 Å². The van der Waals surface area contributed by atoms with E-state index >= 15 is 0 Å². The van der Waals surface area contributed by atoms with Gasteiger partial charge in [-0.2, -0.15) is 11.8 Å². The number of aryl methyl sites for hydroxylation is 2. The smallest absolute Gasteiger partial charge is 0.243 e. The SMILES string of the molecule is CSC1CCCC1NS(=O)(=O)c1c(C)ccc(C)c1N. The van der Waals surface area contributed by atoms with E-state index in [1.54, 1.807) is 24.8 Å². The third-order valence-electron chi connectivity index (χ3n) is 3.94. The molecule has 1 aromatic rings. The molecule has 1 aromatic carbocycles. The van der Waals surface area contributed by atoms with Crippen LogP contribution >= 0.6 is 11.8 Å². The average Bonchev–Trinajstić information content (AvgIpc) is 2.80. The molecule has 4 nitrogen and oxygen atoms in total. The predicted octanol–water partition coefficient (Wildman–Crippen LogP) is 2.45. The molecule has 0 spiro atoms. The maximum absolute atomic E-state index is 12.6. The zero-order valence-electron chi connectivity index (χ0n) is 12.1. The first-order valence-electron chi connectivity index (χ1n) is 6.77. The third kappa shape index (κ3) is 2.97. The summed E-state index contributed by atoms with van der Waals surface area (Å²) in [7, 11) is -3.56. The number of sulfonamides is 1. The molecule has 0 saturated heterocycles. The lowest BCUT2D eigenvalue weighted by atomic mass is 10.1. The van der Waals surface area contributed by atoms with Gasteiger partial charge in [0, 0.05) is 11.3 Å². The Balaban J connectivity index is 2.34. The van der Waals surface area contributed by atoms with Gasteiger partial charge >= 0.3 is 0 Å². The number of nitrogen functional groups attached to an aromatic ring is 1. The fraction of sp³-hybridized carbons (Fsp3) is 0.571. The van der Waals surface area contributed by atoms with E-state index in [9.17, 15) is 8.42 Å². The monoisotopic (exact) mass is 314 g/mol. The molecular formula is C14H22N2O2S2. The summed E-state index contributed by atoms with van der Waals surface area (Å²) in [6.45, 7) is 3.61. The van der Waals surface area contributed by atoms with Gasteiger partial charge in [0.2, 0.25) is 10.0 Å². The Hall–Kier alpha value is -0.720. The molecule has 2 atom stereocenters. The minimum atomic E-state index is -3.56. The van der Waals surface area contributed by atoms with Crippen LogP contribution in [-0.4, -0.2) is 26.0 Å². The van der Waals surface area contributed by atoms with Crippen LogP contribution in [0.4, 0.5) is 5.69 Å². The van der Waals surface area contributed by atoms with E-state index < -0.39 is 10.0 Å². The highest BCUT2D eigenvalue weighted by atomic mass is 32.2. The first-order valence-corrected chi connectivity index (χ1v) is 9.54. The molecular weight excluding hydrogens is 292 g/mol. The zero-order valence-corrected chi connectivity index (χ0v) is 13.8. The molecule has 0 aliphatic heterocycles. The highest BCUT2D eigenvalue weighted by Gasteiger charge is 2.32. The largest absolute Gasteiger partial charge is 0.397 e. The summed E-state index contributed by atoms with van der Waals surface area (Å²) in [4.78, 5) is 0.240. The summed E-state index contributed by atoms with van der Waals surface area (Å²) < 4.78 is 28.1. The van der Waals surface area contributed by atoms with Crippen molar-refractivity contribution >= 4 is 27.5 Å². The van der Waals surface area contributed by atoms with Crippen molar-refractivity contribution in [2.24, 2.45) is 0 Å². The van der Waals surface area contributed by atoms with Crippen LogP contribution in [0, 0.1) is 13.8 Å². The highest BCUT2D eigenvalue weighted by molar-refractivity contribution is 7.99. The maximum atomic E-state index is 12.6. The van der Waals surface area contributed by atoms with Crippen LogP contribution in [0.5, 0.6) is 0 Å². The van der Waals surface area contributed by atoms with Crippen molar-refractivity contribution in [3.05, 3.63) is 23.3 Å². The topological polar surface area (TPSA) is 72.2 Å². The second kappa shape index (κ2) is 5.95. The lowest BCUT2D eigenvalue weighted by molar-refractivity contribution is 0.555. The molecule has 1 fully saturated rings. The van der Waals surface area contributed by atoms with Crippen LogP contribution in [0.3, 0.4) is 0 Å². The van der Waals surface area contributed by atoms with Gasteiger partial charge in [0.05, 0.1) is 5.69 Å². The summed E-state index contributed by atoms with van der Waals surface area (Å²) in [5, 5.41) is 0.358. The van der Waals surface area contributed by atoms with E-state index in [0.29, 0.717) is 16.5 Å². The maximum Gasteiger partial charge on any atom is 0.243 e. The van der Waals surface area contributed by atoms with Gasteiger partial charge in [-0.05, 0) is 44.1 Å².